The maximum atomic E-state index is 12.6. The number of hydrogen-bond acceptors (Lipinski definition) is 3. The van der Waals surface area contributed by atoms with Gasteiger partial charge in [-0.3, -0.25) is 9.59 Å². The summed E-state index contributed by atoms with van der Waals surface area (Å²) in [5.74, 6) is 1.47. The third-order valence-electron chi connectivity index (χ3n) is 5.64. The zero-order valence-corrected chi connectivity index (χ0v) is 15.3. The molecule has 5 heteroatoms. The van der Waals surface area contributed by atoms with Crippen molar-refractivity contribution in [1.29, 1.82) is 0 Å². The normalized spacial score (nSPS) is 20.4. The van der Waals surface area contributed by atoms with E-state index in [0.717, 1.165) is 90.0 Å². The molecule has 2 amide bonds. The monoisotopic (exact) mass is 337 g/mol. The second-order valence-corrected chi connectivity index (χ2v) is 7.62. The Hall–Kier alpha value is -1.10. The molecule has 0 aromatic heterocycles. The number of nitrogens with two attached hydrogens (primary N) is 1. The maximum Gasteiger partial charge on any atom is 0.225 e. The number of carbonyl (C=O) groups is 2. The summed E-state index contributed by atoms with van der Waals surface area (Å²) in [5, 5.41) is 0. The Morgan fingerprint density at radius 2 is 1.46 bits per heavy atom. The molecule has 2 heterocycles. The Balaban J connectivity index is 1.65. The standard InChI is InChI=1S/C19H35N3O2/c1-16-7-12-22(13-8-16)19(24)17-9-14-21(15-10-17)18(23)6-4-2-3-5-11-20/h16-17H,2-15,20H2,1H3. The van der Waals surface area contributed by atoms with E-state index < -0.39 is 0 Å². The van der Waals surface area contributed by atoms with E-state index in [-0.39, 0.29) is 11.8 Å². The fourth-order valence-electron chi connectivity index (χ4n) is 3.80. The molecular weight excluding hydrogens is 302 g/mol. The summed E-state index contributed by atoms with van der Waals surface area (Å²) in [7, 11) is 0. The van der Waals surface area contributed by atoms with Crippen molar-refractivity contribution in [3.05, 3.63) is 0 Å². The highest BCUT2D eigenvalue weighted by Gasteiger charge is 2.31. The number of unbranched alkanes of at least 4 members (excludes halogenated alkanes) is 3. The van der Waals surface area contributed by atoms with Crippen molar-refractivity contribution in [3.8, 4) is 0 Å². The fourth-order valence-corrected chi connectivity index (χ4v) is 3.80. The zero-order valence-electron chi connectivity index (χ0n) is 15.3. The Morgan fingerprint density at radius 3 is 2.08 bits per heavy atom. The first-order chi connectivity index (χ1) is 11.6. The van der Waals surface area contributed by atoms with E-state index in [0.29, 0.717) is 12.3 Å². The van der Waals surface area contributed by atoms with Crippen molar-refractivity contribution in [3.63, 3.8) is 0 Å². The number of nitrogens with zero attached hydrogens (tertiary/aromatic N) is 2. The fraction of sp³-hybridized carbons (Fsp3) is 0.895. The van der Waals surface area contributed by atoms with E-state index in [1.54, 1.807) is 0 Å². The van der Waals surface area contributed by atoms with Crippen LogP contribution >= 0.6 is 0 Å². The van der Waals surface area contributed by atoms with Gasteiger partial charge in [-0.25, -0.2) is 0 Å². The van der Waals surface area contributed by atoms with Gasteiger partial charge in [0.2, 0.25) is 11.8 Å². The minimum absolute atomic E-state index is 0.131. The van der Waals surface area contributed by atoms with Crippen LogP contribution in [-0.2, 0) is 9.59 Å². The first-order valence-electron chi connectivity index (χ1n) is 9.88. The number of carbonyl (C=O) groups excluding carboxylic acids is 2. The molecule has 138 valence electrons. The van der Waals surface area contributed by atoms with Gasteiger partial charge in [-0.05, 0) is 51.0 Å². The minimum atomic E-state index is 0.131. The first-order valence-corrected chi connectivity index (χ1v) is 9.88. The van der Waals surface area contributed by atoms with Crippen LogP contribution in [-0.4, -0.2) is 54.3 Å². The lowest BCUT2D eigenvalue weighted by Gasteiger charge is -2.36. The summed E-state index contributed by atoms with van der Waals surface area (Å²) in [4.78, 5) is 28.9. The van der Waals surface area contributed by atoms with Crippen LogP contribution in [0.3, 0.4) is 0 Å². The molecule has 2 saturated heterocycles. The molecule has 0 atom stereocenters. The average molecular weight is 338 g/mol. The molecule has 2 aliphatic heterocycles. The van der Waals surface area contributed by atoms with Crippen molar-refractivity contribution in [1.82, 2.24) is 9.80 Å². The summed E-state index contributed by atoms with van der Waals surface area (Å²) >= 11 is 0. The van der Waals surface area contributed by atoms with E-state index in [4.69, 9.17) is 5.73 Å². The SMILES string of the molecule is CC1CCN(C(=O)C2CCN(C(=O)CCCCCCN)CC2)CC1. The third kappa shape index (κ3) is 5.76. The second kappa shape index (κ2) is 10.0. The van der Waals surface area contributed by atoms with E-state index >= 15 is 0 Å². The molecule has 0 aromatic carbocycles. The summed E-state index contributed by atoms with van der Waals surface area (Å²) in [6.07, 6.45) is 8.81. The van der Waals surface area contributed by atoms with E-state index in [1.165, 1.54) is 0 Å². The summed E-state index contributed by atoms with van der Waals surface area (Å²) in [6, 6.07) is 0. The Kier molecular flexibility index (Phi) is 8.03. The van der Waals surface area contributed by atoms with Crippen molar-refractivity contribution in [2.24, 2.45) is 17.6 Å². The second-order valence-electron chi connectivity index (χ2n) is 7.62. The molecule has 2 N–H and O–H groups in total. The smallest absolute Gasteiger partial charge is 0.225 e. The molecule has 0 saturated carbocycles. The molecule has 2 aliphatic rings. The lowest BCUT2D eigenvalue weighted by molar-refractivity contribution is -0.141. The highest BCUT2D eigenvalue weighted by atomic mass is 16.2. The number of hydrogen-bond donors (Lipinski definition) is 1. The summed E-state index contributed by atoms with van der Waals surface area (Å²) in [5.41, 5.74) is 5.48. The molecule has 0 unspecified atom stereocenters. The number of piperidine rings is 2. The highest BCUT2D eigenvalue weighted by molar-refractivity contribution is 5.80. The largest absolute Gasteiger partial charge is 0.343 e. The van der Waals surface area contributed by atoms with Crippen LogP contribution in [0.1, 0.15) is 64.7 Å². The molecular formula is C19H35N3O2. The Morgan fingerprint density at radius 1 is 0.875 bits per heavy atom. The third-order valence-corrected chi connectivity index (χ3v) is 5.64. The minimum Gasteiger partial charge on any atom is -0.343 e. The van der Waals surface area contributed by atoms with Crippen LogP contribution in [0.2, 0.25) is 0 Å². The van der Waals surface area contributed by atoms with E-state index in [9.17, 15) is 9.59 Å². The van der Waals surface area contributed by atoms with Gasteiger partial charge in [-0.2, -0.15) is 0 Å². The van der Waals surface area contributed by atoms with Crippen molar-refractivity contribution < 1.29 is 9.59 Å². The lowest BCUT2D eigenvalue weighted by Crippen LogP contribution is -2.46. The summed E-state index contributed by atoms with van der Waals surface area (Å²) < 4.78 is 0. The van der Waals surface area contributed by atoms with Crippen LogP contribution < -0.4 is 5.73 Å². The van der Waals surface area contributed by atoms with E-state index in [2.05, 4.69) is 11.8 Å². The topological polar surface area (TPSA) is 66.6 Å². The Bertz CT molecular complexity index is 397. The van der Waals surface area contributed by atoms with Gasteiger partial charge >= 0.3 is 0 Å². The van der Waals surface area contributed by atoms with Crippen LogP contribution in [0.4, 0.5) is 0 Å². The lowest BCUT2D eigenvalue weighted by atomic mass is 9.92. The maximum absolute atomic E-state index is 12.6. The highest BCUT2D eigenvalue weighted by Crippen LogP contribution is 2.24. The zero-order chi connectivity index (χ0) is 17.4. The van der Waals surface area contributed by atoms with Crippen LogP contribution in [0, 0.1) is 11.8 Å². The van der Waals surface area contributed by atoms with Gasteiger partial charge in [0.1, 0.15) is 0 Å². The molecule has 2 rings (SSSR count). The Labute approximate surface area is 146 Å². The van der Waals surface area contributed by atoms with Gasteiger partial charge in [0.05, 0.1) is 0 Å². The number of amides is 2. The van der Waals surface area contributed by atoms with Gasteiger partial charge in [-0.1, -0.05) is 19.8 Å². The first kappa shape index (κ1) is 19.2. The van der Waals surface area contributed by atoms with Crippen LogP contribution in [0.15, 0.2) is 0 Å². The summed E-state index contributed by atoms with van der Waals surface area (Å²) in [6.45, 7) is 6.35. The van der Waals surface area contributed by atoms with Crippen molar-refractivity contribution >= 4 is 11.8 Å². The number of rotatable bonds is 7. The van der Waals surface area contributed by atoms with Crippen molar-refractivity contribution in [2.75, 3.05) is 32.7 Å². The molecule has 0 aromatic rings. The van der Waals surface area contributed by atoms with Crippen LogP contribution in [0.25, 0.3) is 0 Å². The van der Waals surface area contributed by atoms with Gasteiger partial charge in [-0.15, -0.1) is 0 Å². The van der Waals surface area contributed by atoms with Gasteiger partial charge < -0.3 is 15.5 Å². The van der Waals surface area contributed by atoms with E-state index in [1.807, 2.05) is 4.90 Å². The molecule has 0 spiro atoms. The van der Waals surface area contributed by atoms with Crippen LogP contribution in [0.5, 0.6) is 0 Å². The molecule has 24 heavy (non-hydrogen) atoms. The average Bonchev–Trinajstić information content (AvgIpc) is 2.61. The van der Waals surface area contributed by atoms with Gasteiger partial charge in [0, 0.05) is 38.5 Å². The number of likely N-dealkylation sites (tertiary alicyclic amines) is 2. The molecule has 0 radical (unpaired) electrons. The molecule has 0 bridgehead atoms. The molecule has 2 fully saturated rings. The van der Waals surface area contributed by atoms with Crippen molar-refractivity contribution in [2.45, 2.75) is 64.7 Å². The quantitative estimate of drug-likeness (QED) is 0.725. The predicted octanol–water partition coefficient (Wildman–Crippen LogP) is 2.39. The predicted molar refractivity (Wildman–Crippen MR) is 96.4 cm³/mol. The van der Waals surface area contributed by atoms with Gasteiger partial charge in [0.25, 0.3) is 0 Å². The van der Waals surface area contributed by atoms with Gasteiger partial charge in [0.15, 0.2) is 0 Å². The molecule has 0 aliphatic carbocycles. The molecule has 5 nitrogen and oxygen atoms in total.